The van der Waals surface area contributed by atoms with Crippen molar-refractivity contribution in [1.29, 1.82) is 0 Å². The molecule has 0 aliphatic rings. The van der Waals surface area contributed by atoms with E-state index >= 15 is 0 Å². The average molecular weight is 299 g/mol. The number of rotatable bonds is 2. The molecule has 2 aromatic rings. The van der Waals surface area contributed by atoms with E-state index in [-0.39, 0.29) is 5.82 Å². The number of hydrogen-bond acceptors (Lipinski definition) is 1. The first-order chi connectivity index (χ1) is 8.90. The van der Waals surface area contributed by atoms with Crippen molar-refractivity contribution in [2.24, 2.45) is 0 Å². The zero-order chi connectivity index (χ0) is 14.2. The largest absolute Gasteiger partial charge is 0.384 e. The quantitative estimate of drug-likeness (QED) is 0.842. The van der Waals surface area contributed by atoms with Gasteiger partial charge in [0.1, 0.15) is 11.9 Å². The van der Waals surface area contributed by atoms with Crippen LogP contribution in [0, 0.1) is 19.7 Å². The molecule has 0 fully saturated rings. The molecule has 2 rings (SSSR count). The van der Waals surface area contributed by atoms with Crippen LogP contribution < -0.4 is 0 Å². The monoisotopic (exact) mass is 298 g/mol. The van der Waals surface area contributed by atoms with Gasteiger partial charge in [0, 0.05) is 15.6 Å². The molecule has 0 aliphatic carbocycles. The van der Waals surface area contributed by atoms with Crippen molar-refractivity contribution in [3.8, 4) is 0 Å². The number of aliphatic hydroxyl groups excluding tert-OH is 1. The van der Waals surface area contributed by atoms with Gasteiger partial charge in [0.05, 0.1) is 0 Å². The number of benzene rings is 2. The normalized spacial score (nSPS) is 12.5. The first-order valence-corrected chi connectivity index (χ1v) is 6.55. The summed E-state index contributed by atoms with van der Waals surface area (Å²) in [6.45, 7) is 3.33. The predicted octanol–water partition coefficient (Wildman–Crippen LogP) is 4.83. The van der Waals surface area contributed by atoms with Crippen LogP contribution in [0.15, 0.2) is 30.3 Å². The van der Waals surface area contributed by atoms with Gasteiger partial charge >= 0.3 is 0 Å². The molecule has 1 N–H and O–H groups in total. The second-order valence-corrected chi connectivity index (χ2v) is 5.38. The van der Waals surface area contributed by atoms with Gasteiger partial charge in [-0.05, 0) is 48.7 Å². The number of halogens is 3. The maximum absolute atomic E-state index is 13.6. The Kier molecular flexibility index (Phi) is 4.14. The lowest BCUT2D eigenvalue weighted by Gasteiger charge is -2.15. The van der Waals surface area contributed by atoms with Crippen molar-refractivity contribution >= 4 is 23.2 Å². The summed E-state index contributed by atoms with van der Waals surface area (Å²) >= 11 is 12.0. The maximum atomic E-state index is 13.6. The molecule has 0 heterocycles. The summed E-state index contributed by atoms with van der Waals surface area (Å²) in [5.74, 6) is -0.256. The smallest absolute Gasteiger partial charge is 0.129 e. The number of hydrogen-bond donors (Lipinski definition) is 1. The topological polar surface area (TPSA) is 20.2 Å². The van der Waals surface area contributed by atoms with E-state index in [1.165, 1.54) is 0 Å². The third kappa shape index (κ3) is 2.92. The average Bonchev–Trinajstić information content (AvgIpc) is 2.37. The highest BCUT2D eigenvalue weighted by atomic mass is 35.5. The van der Waals surface area contributed by atoms with E-state index in [1.54, 1.807) is 44.2 Å². The van der Waals surface area contributed by atoms with Crippen LogP contribution in [0.3, 0.4) is 0 Å². The van der Waals surface area contributed by atoms with Crippen LogP contribution in [0.25, 0.3) is 0 Å². The molecule has 0 bridgehead atoms. The Morgan fingerprint density at radius 1 is 1.05 bits per heavy atom. The molecule has 0 aliphatic heterocycles. The van der Waals surface area contributed by atoms with Gasteiger partial charge in [-0.15, -0.1) is 0 Å². The Morgan fingerprint density at radius 3 is 2.21 bits per heavy atom. The lowest BCUT2D eigenvalue weighted by molar-refractivity contribution is 0.220. The van der Waals surface area contributed by atoms with Crippen molar-refractivity contribution in [2.45, 2.75) is 20.0 Å². The Hall–Kier alpha value is -1.09. The van der Waals surface area contributed by atoms with E-state index in [4.69, 9.17) is 23.2 Å². The zero-order valence-electron chi connectivity index (χ0n) is 10.5. The highest BCUT2D eigenvalue weighted by Crippen LogP contribution is 2.31. The molecular formula is C15H13Cl2FO. The molecule has 100 valence electrons. The summed E-state index contributed by atoms with van der Waals surface area (Å²) in [6, 6.07) is 8.13. The summed E-state index contributed by atoms with van der Waals surface area (Å²) in [7, 11) is 0. The van der Waals surface area contributed by atoms with Crippen LogP contribution in [0.4, 0.5) is 4.39 Å². The molecule has 1 nitrogen and oxygen atoms in total. The predicted molar refractivity (Wildman–Crippen MR) is 76.4 cm³/mol. The van der Waals surface area contributed by atoms with E-state index in [2.05, 4.69) is 0 Å². The minimum absolute atomic E-state index is 0.256. The molecule has 19 heavy (non-hydrogen) atoms. The van der Waals surface area contributed by atoms with Crippen molar-refractivity contribution in [3.63, 3.8) is 0 Å². The van der Waals surface area contributed by atoms with E-state index in [0.29, 0.717) is 32.3 Å². The molecule has 4 heteroatoms. The molecule has 0 spiro atoms. The van der Waals surface area contributed by atoms with E-state index in [9.17, 15) is 9.50 Å². The van der Waals surface area contributed by atoms with Gasteiger partial charge in [0.15, 0.2) is 0 Å². The lowest BCUT2D eigenvalue weighted by atomic mass is 9.97. The summed E-state index contributed by atoms with van der Waals surface area (Å²) < 4.78 is 13.6. The van der Waals surface area contributed by atoms with Gasteiger partial charge in [0.2, 0.25) is 0 Å². The van der Waals surface area contributed by atoms with Crippen LogP contribution in [0.1, 0.15) is 28.4 Å². The Morgan fingerprint density at radius 2 is 1.63 bits per heavy atom. The first kappa shape index (κ1) is 14.3. The van der Waals surface area contributed by atoms with Gasteiger partial charge < -0.3 is 5.11 Å². The van der Waals surface area contributed by atoms with Crippen molar-refractivity contribution in [3.05, 3.63) is 68.4 Å². The Balaban J connectivity index is 2.49. The summed E-state index contributed by atoms with van der Waals surface area (Å²) in [5.41, 5.74) is 2.10. The summed E-state index contributed by atoms with van der Waals surface area (Å²) in [6.07, 6.45) is -0.927. The minimum Gasteiger partial charge on any atom is -0.384 e. The molecule has 1 unspecified atom stereocenters. The first-order valence-electron chi connectivity index (χ1n) is 5.80. The minimum atomic E-state index is -0.927. The van der Waals surface area contributed by atoms with Crippen molar-refractivity contribution < 1.29 is 9.50 Å². The number of aliphatic hydroxyl groups is 1. The standard InChI is InChI=1S/C15H13Cl2FO/c1-8-5-10(6-9(2)14(8)18)15(19)12-7-11(16)3-4-13(12)17/h3-7,15,19H,1-2H3. The molecule has 2 aromatic carbocycles. The molecule has 1 atom stereocenters. The molecule has 0 saturated heterocycles. The molecule has 0 aromatic heterocycles. The van der Waals surface area contributed by atoms with E-state index in [0.717, 1.165) is 0 Å². The third-order valence-corrected chi connectivity index (χ3v) is 3.61. The molecule has 0 radical (unpaired) electrons. The summed E-state index contributed by atoms with van der Waals surface area (Å²) in [5, 5.41) is 11.3. The van der Waals surface area contributed by atoms with Gasteiger partial charge in [-0.3, -0.25) is 0 Å². The van der Waals surface area contributed by atoms with Crippen molar-refractivity contribution in [1.82, 2.24) is 0 Å². The van der Waals surface area contributed by atoms with Crippen LogP contribution >= 0.6 is 23.2 Å². The second kappa shape index (κ2) is 5.49. The number of aryl methyl sites for hydroxylation is 2. The van der Waals surface area contributed by atoms with Crippen LogP contribution in [0.2, 0.25) is 10.0 Å². The maximum Gasteiger partial charge on any atom is 0.129 e. The fourth-order valence-electron chi connectivity index (χ4n) is 2.04. The SMILES string of the molecule is Cc1cc(C(O)c2cc(Cl)ccc2Cl)cc(C)c1F. The highest BCUT2D eigenvalue weighted by Gasteiger charge is 2.16. The third-order valence-electron chi connectivity index (χ3n) is 3.03. The van der Waals surface area contributed by atoms with Crippen LogP contribution in [-0.2, 0) is 0 Å². The zero-order valence-corrected chi connectivity index (χ0v) is 12.1. The van der Waals surface area contributed by atoms with Crippen LogP contribution in [-0.4, -0.2) is 5.11 Å². The molecular weight excluding hydrogens is 286 g/mol. The Bertz CT molecular complexity index is 603. The van der Waals surface area contributed by atoms with Gasteiger partial charge in [-0.1, -0.05) is 35.3 Å². The molecule has 0 amide bonds. The summed E-state index contributed by atoms with van der Waals surface area (Å²) in [4.78, 5) is 0. The fourth-order valence-corrected chi connectivity index (χ4v) is 2.44. The lowest BCUT2D eigenvalue weighted by Crippen LogP contribution is -2.03. The fraction of sp³-hybridized carbons (Fsp3) is 0.200. The van der Waals surface area contributed by atoms with Crippen LogP contribution in [0.5, 0.6) is 0 Å². The van der Waals surface area contributed by atoms with Gasteiger partial charge in [0.25, 0.3) is 0 Å². The highest BCUT2D eigenvalue weighted by molar-refractivity contribution is 6.33. The van der Waals surface area contributed by atoms with Gasteiger partial charge in [-0.25, -0.2) is 4.39 Å². The second-order valence-electron chi connectivity index (χ2n) is 4.54. The van der Waals surface area contributed by atoms with E-state index in [1.807, 2.05) is 0 Å². The van der Waals surface area contributed by atoms with Crippen molar-refractivity contribution in [2.75, 3.05) is 0 Å². The van der Waals surface area contributed by atoms with Gasteiger partial charge in [-0.2, -0.15) is 0 Å². The Labute approximate surface area is 121 Å². The molecule has 0 saturated carbocycles. The van der Waals surface area contributed by atoms with E-state index < -0.39 is 6.10 Å².